The van der Waals surface area contributed by atoms with Gasteiger partial charge in [0.25, 0.3) is 0 Å². The first-order chi connectivity index (χ1) is 14.2. The third kappa shape index (κ3) is 5.11. The average Bonchev–Trinajstić information content (AvgIpc) is 2.65. The Morgan fingerprint density at radius 3 is 2.50 bits per heavy atom. The smallest absolute Gasteiger partial charge is 0.410 e. The lowest BCUT2D eigenvalue weighted by molar-refractivity contribution is 0.00568. The largest absolute Gasteiger partial charge is 0.461 e. The highest BCUT2D eigenvalue weighted by Gasteiger charge is 2.36. The zero-order valence-electron chi connectivity index (χ0n) is 18.7. The minimum Gasteiger partial charge on any atom is -0.461 e. The number of rotatable bonds is 5. The van der Waals surface area contributed by atoms with E-state index in [-0.39, 0.29) is 18.2 Å². The van der Waals surface area contributed by atoms with Gasteiger partial charge < -0.3 is 19.1 Å². The molecule has 0 radical (unpaired) electrons. The van der Waals surface area contributed by atoms with Gasteiger partial charge in [-0.25, -0.2) is 9.78 Å². The monoisotopic (exact) mass is 416 g/mol. The molecular weight excluding hydrogens is 384 g/mol. The predicted octanol–water partition coefficient (Wildman–Crippen LogP) is 3.49. The zero-order valence-corrected chi connectivity index (χ0v) is 18.7. The molecule has 0 aliphatic carbocycles. The fourth-order valence-corrected chi connectivity index (χ4v) is 3.78. The molecule has 2 heterocycles. The number of aromatic nitrogens is 2. The highest BCUT2D eigenvalue weighted by atomic mass is 16.6. The number of ether oxygens (including phenoxy) is 3. The number of carbonyl (C=O) groups excluding carboxylic acids is 1. The van der Waals surface area contributed by atoms with Crippen molar-refractivity contribution >= 4 is 22.7 Å². The lowest BCUT2D eigenvalue weighted by atomic mass is 10.1. The van der Waals surface area contributed by atoms with E-state index in [1.807, 2.05) is 37.8 Å². The molecule has 0 N–H and O–H groups in total. The maximum atomic E-state index is 12.7. The van der Waals surface area contributed by atoms with Crippen molar-refractivity contribution in [2.24, 2.45) is 0 Å². The van der Waals surface area contributed by atoms with Crippen molar-refractivity contribution in [2.45, 2.75) is 52.3 Å². The summed E-state index contributed by atoms with van der Waals surface area (Å²) in [5, 5.41) is 0.960. The van der Waals surface area contributed by atoms with Gasteiger partial charge >= 0.3 is 12.1 Å². The molecule has 2 aromatic rings. The van der Waals surface area contributed by atoms with Crippen molar-refractivity contribution in [1.29, 1.82) is 0 Å². The number of anilines is 1. The van der Waals surface area contributed by atoms with E-state index in [4.69, 9.17) is 14.2 Å². The summed E-state index contributed by atoms with van der Waals surface area (Å²) in [5.41, 5.74) is 1.37. The third-order valence-corrected chi connectivity index (χ3v) is 4.96. The Balaban J connectivity index is 1.79. The summed E-state index contributed by atoms with van der Waals surface area (Å²) in [7, 11) is 1.63. The van der Waals surface area contributed by atoms with Crippen molar-refractivity contribution in [1.82, 2.24) is 14.9 Å². The molecule has 1 aliphatic rings. The molecule has 1 aromatic heterocycles. The van der Waals surface area contributed by atoms with Gasteiger partial charge in [0.2, 0.25) is 0 Å². The quantitative estimate of drug-likeness (QED) is 0.691. The lowest BCUT2D eigenvalue weighted by Crippen LogP contribution is -2.59. The van der Waals surface area contributed by atoms with Gasteiger partial charge in [0.05, 0.1) is 24.2 Å². The van der Waals surface area contributed by atoms with Crippen LogP contribution in [0, 0.1) is 0 Å². The fourth-order valence-electron chi connectivity index (χ4n) is 3.78. The number of benzene rings is 1. The van der Waals surface area contributed by atoms with E-state index in [2.05, 4.69) is 34.8 Å². The second kappa shape index (κ2) is 9.04. The minimum atomic E-state index is -0.510. The molecule has 8 nitrogen and oxygen atoms in total. The summed E-state index contributed by atoms with van der Waals surface area (Å²) >= 11 is 0. The number of amides is 1. The molecule has 0 bridgehead atoms. The molecule has 1 aromatic carbocycles. The molecule has 2 atom stereocenters. The van der Waals surface area contributed by atoms with Gasteiger partial charge in [-0.1, -0.05) is 6.07 Å². The van der Waals surface area contributed by atoms with Crippen molar-refractivity contribution in [3.63, 3.8) is 0 Å². The van der Waals surface area contributed by atoms with Crippen molar-refractivity contribution in [3.8, 4) is 6.01 Å². The second-order valence-electron chi connectivity index (χ2n) is 8.69. The summed E-state index contributed by atoms with van der Waals surface area (Å²) in [6, 6.07) is 6.37. The summed E-state index contributed by atoms with van der Waals surface area (Å²) < 4.78 is 16.1. The zero-order chi connectivity index (χ0) is 21.9. The Morgan fingerprint density at radius 1 is 1.17 bits per heavy atom. The summed E-state index contributed by atoms with van der Waals surface area (Å²) in [4.78, 5) is 25.7. The Bertz CT molecular complexity index is 871. The van der Waals surface area contributed by atoms with E-state index in [1.165, 1.54) is 0 Å². The van der Waals surface area contributed by atoms with Crippen LogP contribution in [0.1, 0.15) is 34.6 Å². The third-order valence-electron chi connectivity index (χ3n) is 4.96. The van der Waals surface area contributed by atoms with Crippen LogP contribution in [0.15, 0.2) is 24.4 Å². The van der Waals surface area contributed by atoms with Crippen LogP contribution in [0.5, 0.6) is 6.01 Å². The van der Waals surface area contributed by atoms with Crippen LogP contribution in [0.4, 0.5) is 10.5 Å². The molecular formula is C22H32N4O4. The Morgan fingerprint density at radius 2 is 1.87 bits per heavy atom. The molecule has 1 saturated heterocycles. The molecule has 1 aliphatic heterocycles. The number of carbonyl (C=O) groups is 1. The molecule has 0 unspecified atom stereocenters. The van der Waals surface area contributed by atoms with Gasteiger partial charge in [-0.3, -0.25) is 4.90 Å². The maximum Gasteiger partial charge on any atom is 0.410 e. The number of fused-ring (bicyclic) bond motifs is 1. The van der Waals surface area contributed by atoms with Crippen molar-refractivity contribution < 1.29 is 19.0 Å². The number of nitrogens with zero attached hydrogens (tertiary/aromatic N) is 4. The van der Waals surface area contributed by atoms with Gasteiger partial charge in [0.15, 0.2) is 0 Å². The van der Waals surface area contributed by atoms with E-state index < -0.39 is 5.60 Å². The van der Waals surface area contributed by atoms with Crippen LogP contribution < -0.4 is 9.64 Å². The fraction of sp³-hybridized carbons (Fsp3) is 0.591. The summed E-state index contributed by atoms with van der Waals surface area (Å²) in [5.74, 6) is 0. The van der Waals surface area contributed by atoms with E-state index in [1.54, 1.807) is 13.3 Å². The van der Waals surface area contributed by atoms with Gasteiger partial charge in [-0.2, -0.15) is 4.98 Å². The molecule has 0 saturated carbocycles. The number of hydrogen-bond donors (Lipinski definition) is 0. The molecule has 0 spiro atoms. The van der Waals surface area contributed by atoms with Crippen LogP contribution in [0.25, 0.3) is 10.9 Å². The number of piperazine rings is 1. The van der Waals surface area contributed by atoms with Crippen LogP contribution in [-0.2, 0) is 9.47 Å². The molecule has 8 heteroatoms. The normalized spacial score (nSPS) is 19.8. The molecule has 1 fully saturated rings. The molecule has 164 valence electrons. The second-order valence-corrected chi connectivity index (χ2v) is 8.69. The van der Waals surface area contributed by atoms with E-state index in [9.17, 15) is 4.79 Å². The summed E-state index contributed by atoms with van der Waals surface area (Å²) in [6.07, 6.45) is 1.54. The number of methoxy groups -OCH3 is 1. The van der Waals surface area contributed by atoms with Crippen LogP contribution in [0.2, 0.25) is 0 Å². The van der Waals surface area contributed by atoms with E-state index in [0.717, 1.165) is 16.6 Å². The first-order valence-electron chi connectivity index (χ1n) is 10.3. The van der Waals surface area contributed by atoms with Gasteiger partial charge in [-0.05, 0) is 46.8 Å². The van der Waals surface area contributed by atoms with Crippen LogP contribution in [0.3, 0.4) is 0 Å². The standard InChI is InChI=1S/C22H32N4O4/c1-15-13-25(14-16(2)26(15)21(27)30-22(3,4)5)19-9-7-8-18-17(19)12-23-20(24-18)29-11-10-28-6/h7-9,12,15-16H,10-11,13-14H2,1-6H3/t15-,16-/m0/s1. The highest BCUT2D eigenvalue weighted by Crippen LogP contribution is 2.30. The SMILES string of the molecule is COCCOc1ncc2c(N3C[C@H](C)N(C(=O)OC(C)(C)C)[C@@H](C)C3)cccc2n1. The highest BCUT2D eigenvalue weighted by molar-refractivity contribution is 5.91. The topological polar surface area (TPSA) is 77.0 Å². The van der Waals surface area contributed by atoms with Gasteiger partial charge in [-0.15, -0.1) is 0 Å². The first-order valence-corrected chi connectivity index (χ1v) is 10.3. The minimum absolute atomic E-state index is 0.0106. The molecule has 3 rings (SSSR count). The molecule has 30 heavy (non-hydrogen) atoms. The summed E-state index contributed by atoms with van der Waals surface area (Å²) in [6.45, 7) is 12.1. The van der Waals surface area contributed by atoms with Crippen LogP contribution >= 0.6 is 0 Å². The van der Waals surface area contributed by atoms with E-state index in [0.29, 0.717) is 32.3 Å². The lowest BCUT2D eigenvalue weighted by Gasteiger charge is -2.45. The first kappa shape index (κ1) is 22.1. The average molecular weight is 417 g/mol. The Hall–Kier alpha value is -2.61. The van der Waals surface area contributed by atoms with Crippen molar-refractivity contribution in [3.05, 3.63) is 24.4 Å². The van der Waals surface area contributed by atoms with Gasteiger partial charge in [0, 0.05) is 37.5 Å². The van der Waals surface area contributed by atoms with Gasteiger partial charge in [0.1, 0.15) is 12.2 Å². The van der Waals surface area contributed by atoms with Crippen molar-refractivity contribution in [2.75, 3.05) is 38.3 Å². The Labute approximate surface area is 178 Å². The number of hydrogen-bond acceptors (Lipinski definition) is 7. The predicted molar refractivity (Wildman–Crippen MR) is 116 cm³/mol. The van der Waals surface area contributed by atoms with Crippen LogP contribution in [-0.4, -0.2) is 72.1 Å². The Kier molecular flexibility index (Phi) is 6.65. The maximum absolute atomic E-state index is 12.7. The van der Waals surface area contributed by atoms with E-state index >= 15 is 0 Å². The molecule has 1 amide bonds.